The van der Waals surface area contributed by atoms with Crippen molar-refractivity contribution in [2.75, 3.05) is 21.3 Å². The summed E-state index contributed by atoms with van der Waals surface area (Å²) in [7, 11) is 3.85. The van der Waals surface area contributed by atoms with Gasteiger partial charge in [0.15, 0.2) is 0 Å². The third kappa shape index (κ3) is 4.23. The first-order valence-electron chi connectivity index (χ1n) is 8.10. The first-order valence-corrected chi connectivity index (χ1v) is 8.10. The molecule has 2 aromatic carbocycles. The molecule has 0 bridgehead atoms. The fraction of sp³-hybridized carbons (Fsp3) is 0.190. The quantitative estimate of drug-likeness (QED) is 0.457. The minimum atomic E-state index is -0.559. The van der Waals surface area contributed by atoms with Crippen LogP contribution in [-0.4, -0.2) is 39.2 Å². The van der Waals surface area contributed by atoms with Crippen molar-refractivity contribution < 1.29 is 28.6 Å². The van der Waals surface area contributed by atoms with Crippen LogP contribution in [0.15, 0.2) is 48.0 Å². The highest BCUT2D eigenvalue weighted by Crippen LogP contribution is 2.32. The SMILES string of the molecule is COC(=O)/C(C)=C/c1c(C(=O)OC)cccc1-c1ccccc1C(=O)OC. The zero-order valence-corrected chi connectivity index (χ0v) is 15.6. The highest BCUT2D eigenvalue weighted by Gasteiger charge is 2.20. The van der Waals surface area contributed by atoms with E-state index in [-0.39, 0.29) is 5.56 Å². The highest BCUT2D eigenvalue weighted by atomic mass is 16.5. The summed E-state index contributed by atoms with van der Waals surface area (Å²) in [6, 6.07) is 11.9. The van der Waals surface area contributed by atoms with Gasteiger partial charge in [0.25, 0.3) is 0 Å². The zero-order chi connectivity index (χ0) is 20.0. The molecule has 2 rings (SSSR count). The lowest BCUT2D eigenvalue weighted by molar-refractivity contribution is -0.135. The van der Waals surface area contributed by atoms with Crippen LogP contribution in [0.4, 0.5) is 0 Å². The van der Waals surface area contributed by atoms with Crippen LogP contribution in [-0.2, 0) is 19.0 Å². The van der Waals surface area contributed by atoms with Gasteiger partial charge in [0.1, 0.15) is 0 Å². The molecule has 0 unspecified atom stereocenters. The number of carbonyl (C=O) groups excluding carboxylic acids is 3. The Morgan fingerprint density at radius 1 is 0.741 bits per heavy atom. The summed E-state index contributed by atoms with van der Waals surface area (Å²) in [5.41, 5.74) is 2.50. The molecule has 0 atom stereocenters. The van der Waals surface area contributed by atoms with Crippen LogP contribution in [0.5, 0.6) is 0 Å². The van der Waals surface area contributed by atoms with Gasteiger partial charge in [-0.3, -0.25) is 0 Å². The molecule has 0 aliphatic rings. The number of hydrogen-bond donors (Lipinski definition) is 0. The van der Waals surface area contributed by atoms with Crippen molar-refractivity contribution in [2.24, 2.45) is 0 Å². The molecule has 6 nitrogen and oxygen atoms in total. The summed E-state index contributed by atoms with van der Waals surface area (Å²) in [5, 5.41) is 0. The number of methoxy groups -OCH3 is 3. The molecule has 0 N–H and O–H groups in total. The second kappa shape index (κ2) is 8.80. The molecular formula is C21H20O6. The van der Waals surface area contributed by atoms with Crippen LogP contribution < -0.4 is 0 Å². The lowest BCUT2D eigenvalue weighted by atomic mass is 9.91. The van der Waals surface area contributed by atoms with Gasteiger partial charge in [0.2, 0.25) is 0 Å². The molecule has 27 heavy (non-hydrogen) atoms. The second-order valence-corrected chi connectivity index (χ2v) is 5.61. The van der Waals surface area contributed by atoms with Crippen molar-refractivity contribution >= 4 is 24.0 Å². The van der Waals surface area contributed by atoms with E-state index in [0.29, 0.717) is 27.8 Å². The van der Waals surface area contributed by atoms with Crippen LogP contribution >= 0.6 is 0 Å². The van der Waals surface area contributed by atoms with Crippen molar-refractivity contribution in [3.63, 3.8) is 0 Å². The largest absolute Gasteiger partial charge is 0.466 e. The molecule has 6 heteroatoms. The molecule has 0 aliphatic heterocycles. The fourth-order valence-electron chi connectivity index (χ4n) is 2.69. The standard InChI is InChI=1S/C21H20O6/c1-13(19(22)25-2)12-18-15(10-7-11-17(18)21(24)27-4)14-8-5-6-9-16(14)20(23)26-3/h5-12H,1-4H3/b13-12+. The number of benzene rings is 2. The maximum Gasteiger partial charge on any atom is 0.338 e. The molecule has 0 saturated carbocycles. The number of esters is 3. The summed E-state index contributed by atoms with van der Waals surface area (Å²) in [5.74, 6) is -1.59. The van der Waals surface area contributed by atoms with Crippen molar-refractivity contribution in [1.82, 2.24) is 0 Å². The molecule has 0 radical (unpaired) electrons. The van der Waals surface area contributed by atoms with E-state index in [9.17, 15) is 14.4 Å². The van der Waals surface area contributed by atoms with E-state index >= 15 is 0 Å². The molecule has 140 valence electrons. The molecule has 0 aliphatic carbocycles. The van der Waals surface area contributed by atoms with E-state index in [2.05, 4.69) is 0 Å². The maximum atomic E-state index is 12.3. The van der Waals surface area contributed by atoms with Crippen LogP contribution in [0.3, 0.4) is 0 Å². The Morgan fingerprint density at radius 2 is 1.30 bits per heavy atom. The molecule has 0 spiro atoms. The molecule has 0 aromatic heterocycles. The number of ether oxygens (including phenoxy) is 3. The van der Waals surface area contributed by atoms with E-state index in [1.165, 1.54) is 21.3 Å². The van der Waals surface area contributed by atoms with Crippen molar-refractivity contribution in [2.45, 2.75) is 6.92 Å². The van der Waals surface area contributed by atoms with Crippen LogP contribution in [0.1, 0.15) is 33.2 Å². The number of hydrogen-bond acceptors (Lipinski definition) is 6. The highest BCUT2D eigenvalue weighted by molar-refractivity contribution is 6.04. The summed E-state index contributed by atoms with van der Waals surface area (Å²) >= 11 is 0. The van der Waals surface area contributed by atoms with Gasteiger partial charge in [-0.1, -0.05) is 30.3 Å². The van der Waals surface area contributed by atoms with Crippen LogP contribution in [0.25, 0.3) is 17.2 Å². The Kier molecular flexibility index (Phi) is 6.49. The van der Waals surface area contributed by atoms with Crippen LogP contribution in [0.2, 0.25) is 0 Å². The molecule has 0 saturated heterocycles. The first kappa shape index (κ1) is 19.9. The summed E-state index contributed by atoms with van der Waals surface area (Å²) < 4.78 is 14.5. The van der Waals surface area contributed by atoms with Gasteiger partial charge in [-0.2, -0.15) is 0 Å². The van der Waals surface area contributed by atoms with Gasteiger partial charge >= 0.3 is 17.9 Å². The maximum absolute atomic E-state index is 12.3. The van der Waals surface area contributed by atoms with E-state index in [1.54, 1.807) is 55.5 Å². The van der Waals surface area contributed by atoms with Crippen molar-refractivity contribution in [3.8, 4) is 11.1 Å². The van der Waals surface area contributed by atoms with E-state index < -0.39 is 17.9 Å². The minimum absolute atomic E-state index is 0.262. The first-order chi connectivity index (χ1) is 12.9. The zero-order valence-electron chi connectivity index (χ0n) is 15.6. The Bertz CT molecular complexity index is 911. The van der Waals surface area contributed by atoms with Crippen molar-refractivity contribution in [1.29, 1.82) is 0 Å². The van der Waals surface area contributed by atoms with Gasteiger partial charge in [0.05, 0.1) is 32.5 Å². The van der Waals surface area contributed by atoms with E-state index in [0.717, 1.165) is 0 Å². The summed E-state index contributed by atoms with van der Waals surface area (Å²) in [6.45, 7) is 1.58. The molecule has 0 fully saturated rings. The molecule has 0 amide bonds. The average Bonchev–Trinajstić information content (AvgIpc) is 2.71. The fourth-order valence-corrected chi connectivity index (χ4v) is 2.69. The van der Waals surface area contributed by atoms with Gasteiger partial charge < -0.3 is 14.2 Å². The normalized spacial score (nSPS) is 10.9. The third-order valence-electron chi connectivity index (χ3n) is 4.00. The number of carbonyl (C=O) groups is 3. The molecule has 2 aromatic rings. The smallest absolute Gasteiger partial charge is 0.338 e. The van der Waals surface area contributed by atoms with Crippen LogP contribution in [0, 0.1) is 0 Å². The van der Waals surface area contributed by atoms with Crippen molar-refractivity contribution in [3.05, 3.63) is 64.7 Å². The Hall–Kier alpha value is -3.41. The van der Waals surface area contributed by atoms with Gasteiger partial charge in [-0.05, 0) is 41.8 Å². The van der Waals surface area contributed by atoms with E-state index in [1.807, 2.05) is 0 Å². The third-order valence-corrected chi connectivity index (χ3v) is 4.00. The predicted octanol–water partition coefficient (Wildman–Crippen LogP) is 3.50. The summed E-state index contributed by atoms with van der Waals surface area (Å²) in [4.78, 5) is 36.3. The molecular weight excluding hydrogens is 348 g/mol. The Labute approximate surface area is 157 Å². The topological polar surface area (TPSA) is 78.9 Å². The monoisotopic (exact) mass is 368 g/mol. The lowest BCUT2D eigenvalue weighted by Crippen LogP contribution is -2.08. The van der Waals surface area contributed by atoms with Gasteiger partial charge in [0, 0.05) is 5.57 Å². The Morgan fingerprint density at radius 3 is 1.93 bits per heavy atom. The Balaban J connectivity index is 2.81. The van der Waals surface area contributed by atoms with Gasteiger partial charge in [-0.15, -0.1) is 0 Å². The lowest BCUT2D eigenvalue weighted by Gasteiger charge is -2.14. The minimum Gasteiger partial charge on any atom is -0.466 e. The average molecular weight is 368 g/mol. The summed E-state index contributed by atoms with van der Waals surface area (Å²) in [6.07, 6.45) is 1.54. The van der Waals surface area contributed by atoms with E-state index in [4.69, 9.17) is 14.2 Å². The predicted molar refractivity (Wildman–Crippen MR) is 100 cm³/mol. The second-order valence-electron chi connectivity index (χ2n) is 5.61. The molecule has 0 heterocycles. The number of rotatable bonds is 5. The van der Waals surface area contributed by atoms with Gasteiger partial charge in [-0.25, -0.2) is 14.4 Å².